The fourth-order valence-electron chi connectivity index (χ4n) is 3.60. The summed E-state index contributed by atoms with van der Waals surface area (Å²) < 4.78 is 0. The van der Waals surface area contributed by atoms with Crippen LogP contribution in [0.4, 0.5) is 0 Å². The Morgan fingerprint density at radius 1 is 0.882 bits per heavy atom. The molecule has 0 atom stereocenters. The summed E-state index contributed by atoms with van der Waals surface area (Å²) in [5.74, 6) is 1.97. The monoisotopic (exact) mass is 238 g/mol. The van der Waals surface area contributed by atoms with E-state index in [1.807, 2.05) is 0 Å². The summed E-state index contributed by atoms with van der Waals surface area (Å²) in [6, 6.07) is 0. The SMILES string of the molecule is CN(C)CC1CCN(CC2CCCCC2)CC1. The summed E-state index contributed by atoms with van der Waals surface area (Å²) in [6.45, 7) is 5.40. The van der Waals surface area contributed by atoms with Crippen molar-refractivity contribution < 1.29 is 0 Å². The Kier molecular flexibility index (Phi) is 5.30. The van der Waals surface area contributed by atoms with E-state index < -0.39 is 0 Å². The Balaban J connectivity index is 1.64. The van der Waals surface area contributed by atoms with E-state index in [4.69, 9.17) is 0 Å². The standard InChI is InChI=1S/C15H30N2/c1-16(2)12-15-8-10-17(11-9-15)13-14-6-4-3-5-7-14/h14-15H,3-13H2,1-2H3. The fraction of sp³-hybridized carbons (Fsp3) is 1.00. The highest BCUT2D eigenvalue weighted by molar-refractivity contribution is 4.77. The lowest BCUT2D eigenvalue weighted by molar-refractivity contribution is 0.133. The van der Waals surface area contributed by atoms with Crippen LogP contribution in [0.25, 0.3) is 0 Å². The third kappa shape index (κ3) is 4.59. The highest BCUT2D eigenvalue weighted by Gasteiger charge is 2.22. The van der Waals surface area contributed by atoms with Crippen molar-refractivity contribution in [1.82, 2.24) is 9.80 Å². The van der Waals surface area contributed by atoms with E-state index in [9.17, 15) is 0 Å². The zero-order valence-corrected chi connectivity index (χ0v) is 11.8. The molecule has 0 bridgehead atoms. The van der Waals surface area contributed by atoms with Gasteiger partial charge >= 0.3 is 0 Å². The van der Waals surface area contributed by atoms with Crippen LogP contribution in [0.1, 0.15) is 44.9 Å². The average molecular weight is 238 g/mol. The lowest BCUT2D eigenvalue weighted by Gasteiger charge is -2.36. The van der Waals surface area contributed by atoms with Gasteiger partial charge in [0, 0.05) is 13.1 Å². The van der Waals surface area contributed by atoms with Gasteiger partial charge in [0.1, 0.15) is 0 Å². The van der Waals surface area contributed by atoms with Gasteiger partial charge in [0.25, 0.3) is 0 Å². The van der Waals surface area contributed by atoms with Crippen LogP contribution in [0, 0.1) is 11.8 Å². The molecule has 100 valence electrons. The minimum atomic E-state index is 0.951. The molecule has 1 heterocycles. The lowest BCUT2D eigenvalue weighted by atomic mass is 9.88. The number of likely N-dealkylation sites (tertiary alicyclic amines) is 1. The predicted molar refractivity (Wildman–Crippen MR) is 74.3 cm³/mol. The first-order valence-electron chi connectivity index (χ1n) is 7.61. The maximum absolute atomic E-state index is 2.74. The summed E-state index contributed by atoms with van der Waals surface area (Å²) in [7, 11) is 4.41. The molecule has 0 spiro atoms. The van der Waals surface area contributed by atoms with Crippen LogP contribution >= 0.6 is 0 Å². The number of nitrogens with zero attached hydrogens (tertiary/aromatic N) is 2. The van der Waals surface area contributed by atoms with Crippen LogP contribution in [0.15, 0.2) is 0 Å². The molecule has 0 aromatic carbocycles. The van der Waals surface area contributed by atoms with Gasteiger partial charge < -0.3 is 9.80 Å². The van der Waals surface area contributed by atoms with Crippen LogP contribution in [-0.2, 0) is 0 Å². The zero-order valence-electron chi connectivity index (χ0n) is 11.8. The summed E-state index contributed by atoms with van der Waals surface area (Å²) in [6.07, 6.45) is 10.3. The quantitative estimate of drug-likeness (QED) is 0.743. The highest BCUT2D eigenvalue weighted by atomic mass is 15.1. The molecule has 2 fully saturated rings. The topological polar surface area (TPSA) is 6.48 Å². The molecule has 0 N–H and O–H groups in total. The first-order chi connectivity index (χ1) is 8.24. The third-order valence-corrected chi connectivity index (χ3v) is 4.57. The molecule has 1 saturated carbocycles. The molecule has 0 unspecified atom stereocenters. The van der Waals surface area contributed by atoms with Crippen LogP contribution < -0.4 is 0 Å². The second-order valence-corrected chi connectivity index (χ2v) is 6.51. The van der Waals surface area contributed by atoms with Gasteiger partial charge in [-0.1, -0.05) is 19.3 Å². The smallest absolute Gasteiger partial charge is 0.000966 e. The van der Waals surface area contributed by atoms with E-state index in [0.29, 0.717) is 0 Å². The molecule has 2 nitrogen and oxygen atoms in total. The van der Waals surface area contributed by atoms with Crippen molar-refractivity contribution in [2.45, 2.75) is 44.9 Å². The Hall–Kier alpha value is -0.0800. The third-order valence-electron chi connectivity index (χ3n) is 4.57. The molecule has 0 aromatic heterocycles. The van der Waals surface area contributed by atoms with Gasteiger partial charge in [0.05, 0.1) is 0 Å². The summed E-state index contributed by atoms with van der Waals surface area (Å²) in [5.41, 5.74) is 0. The molecular formula is C15H30N2. The van der Waals surface area contributed by atoms with Crippen molar-refractivity contribution in [3.63, 3.8) is 0 Å². The molecule has 2 rings (SSSR count). The normalized spacial score (nSPS) is 25.6. The van der Waals surface area contributed by atoms with Crippen molar-refractivity contribution in [3.8, 4) is 0 Å². The maximum atomic E-state index is 2.74. The molecule has 1 aliphatic carbocycles. The van der Waals surface area contributed by atoms with E-state index in [1.165, 1.54) is 71.1 Å². The van der Waals surface area contributed by atoms with Crippen molar-refractivity contribution in [1.29, 1.82) is 0 Å². The number of hydrogen-bond acceptors (Lipinski definition) is 2. The van der Waals surface area contributed by atoms with E-state index in [-0.39, 0.29) is 0 Å². The molecular weight excluding hydrogens is 208 g/mol. The van der Waals surface area contributed by atoms with Gasteiger partial charge in [-0.15, -0.1) is 0 Å². The number of piperidine rings is 1. The van der Waals surface area contributed by atoms with Gasteiger partial charge in [0.15, 0.2) is 0 Å². The van der Waals surface area contributed by atoms with E-state index in [1.54, 1.807) is 0 Å². The Bertz CT molecular complexity index is 201. The summed E-state index contributed by atoms with van der Waals surface area (Å²) in [4.78, 5) is 5.09. The second kappa shape index (κ2) is 6.75. The van der Waals surface area contributed by atoms with Gasteiger partial charge in [-0.25, -0.2) is 0 Å². The molecule has 1 aliphatic heterocycles. The molecule has 1 saturated heterocycles. The molecule has 2 aliphatic rings. The zero-order chi connectivity index (χ0) is 12.1. The summed E-state index contributed by atoms with van der Waals surface area (Å²) >= 11 is 0. The van der Waals surface area contributed by atoms with Crippen LogP contribution in [0.2, 0.25) is 0 Å². The van der Waals surface area contributed by atoms with E-state index >= 15 is 0 Å². The van der Waals surface area contributed by atoms with Crippen LogP contribution in [0.5, 0.6) is 0 Å². The van der Waals surface area contributed by atoms with Gasteiger partial charge in [0.2, 0.25) is 0 Å². The molecule has 0 radical (unpaired) electrons. The molecule has 0 amide bonds. The van der Waals surface area contributed by atoms with E-state index in [0.717, 1.165) is 11.8 Å². The molecule has 17 heavy (non-hydrogen) atoms. The minimum Gasteiger partial charge on any atom is -0.309 e. The average Bonchev–Trinajstić information content (AvgIpc) is 2.32. The highest BCUT2D eigenvalue weighted by Crippen LogP contribution is 2.26. The van der Waals surface area contributed by atoms with Gasteiger partial charge in [-0.05, 0) is 64.7 Å². The number of rotatable bonds is 4. The van der Waals surface area contributed by atoms with Crippen molar-refractivity contribution >= 4 is 0 Å². The Morgan fingerprint density at radius 2 is 1.53 bits per heavy atom. The van der Waals surface area contributed by atoms with Crippen molar-refractivity contribution in [2.75, 3.05) is 40.3 Å². The Morgan fingerprint density at radius 3 is 2.12 bits per heavy atom. The van der Waals surface area contributed by atoms with Crippen molar-refractivity contribution in [3.05, 3.63) is 0 Å². The predicted octanol–water partition coefficient (Wildman–Crippen LogP) is 2.84. The first-order valence-corrected chi connectivity index (χ1v) is 7.61. The molecule has 2 heteroatoms. The second-order valence-electron chi connectivity index (χ2n) is 6.51. The number of hydrogen-bond donors (Lipinski definition) is 0. The maximum Gasteiger partial charge on any atom is 0.000966 e. The Labute approximate surface area is 107 Å². The van der Waals surface area contributed by atoms with Crippen LogP contribution in [-0.4, -0.2) is 50.1 Å². The van der Waals surface area contributed by atoms with Crippen molar-refractivity contribution in [2.24, 2.45) is 11.8 Å². The largest absolute Gasteiger partial charge is 0.309 e. The fourth-order valence-corrected chi connectivity index (χ4v) is 3.60. The van der Waals surface area contributed by atoms with Crippen LogP contribution in [0.3, 0.4) is 0 Å². The van der Waals surface area contributed by atoms with Gasteiger partial charge in [-0.3, -0.25) is 0 Å². The van der Waals surface area contributed by atoms with E-state index in [2.05, 4.69) is 23.9 Å². The lowest BCUT2D eigenvalue weighted by Crippen LogP contribution is -2.39. The first kappa shape index (κ1) is 13.4. The van der Waals surface area contributed by atoms with Gasteiger partial charge in [-0.2, -0.15) is 0 Å². The molecule has 0 aromatic rings. The summed E-state index contributed by atoms with van der Waals surface area (Å²) in [5, 5.41) is 0. The minimum absolute atomic E-state index is 0.951.